The van der Waals surface area contributed by atoms with Crippen molar-refractivity contribution < 1.29 is 0 Å². The van der Waals surface area contributed by atoms with Gasteiger partial charge in [-0.15, -0.1) is 0 Å². The normalized spacial score (nSPS) is 11.9. The fraction of sp³-hybridized carbons (Fsp3) is 0.0370. The second-order valence-electron chi connectivity index (χ2n) is 23.0. The maximum absolute atomic E-state index is 2.56. The molecule has 0 saturated carbocycles. The van der Waals surface area contributed by atoms with Crippen molar-refractivity contribution in [1.29, 1.82) is 0 Å². The molecule has 4 nitrogen and oxygen atoms in total. The topological polar surface area (TPSA) is 15.3 Å². The molecule has 4 aromatic heterocycles. The number of hydrogen-bond acceptors (Lipinski definition) is 2. The first-order valence-electron chi connectivity index (χ1n) is 29.5. The summed E-state index contributed by atoms with van der Waals surface area (Å²) in [7, 11) is 0. The standard InChI is InChI=1S/C81H56N4/c1-51-39-42-59(55-23-10-5-11-24-55)46-73(51)82(62-30-16-29-58(45-62)54-21-8-4-9-22-54)69-35-19-37-71-78(69)65-33-17-31-63-67-50-77-68(49-76(67)84(71)80(63)65)64-32-18-34-66-79-70(36-20-38-72(79)85(77)81(64)66)83(74-47-60(43-40-52(74)2)56-25-12-6-13-26-56)75-48-61(44-41-53(75)3)57-27-14-7-15-28-57/h4-50H,1-3H3. The Hall–Kier alpha value is -10.9. The van der Waals surface area contributed by atoms with Gasteiger partial charge < -0.3 is 18.6 Å². The van der Waals surface area contributed by atoms with Gasteiger partial charge in [-0.2, -0.15) is 0 Å². The van der Waals surface area contributed by atoms with E-state index in [0.717, 1.165) is 34.1 Å². The first-order chi connectivity index (χ1) is 41.9. The van der Waals surface area contributed by atoms with Gasteiger partial charge in [-0.1, -0.05) is 218 Å². The smallest absolute Gasteiger partial charge is 0.0621 e. The van der Waals surface area contributed by atoms with Crippen LogP contribution in [0.1, 0.15) is 16.7 Å². The minimum atomic E-state index is 1.11. The molecule has 13 aromatic carbocycles. The van der Waals surface area contributed by atoms with Crippen LogP contribution in [-0.4, -0.2) is 8.80 Å². The van der Waals surface area contributed by atoms with Gasteiger partial charge in [0.25, 0.3) is 0 Å². The van der Waals surface area contributed by atoms with Crippen LogP contribution in [0.2, 0.25) is 0 Å². The number of fused-ring (bicyclic) bond motifs is 12. The van der Waals surface area contributed by atoms with Crippen LogP contribution in [0.3, 0.4) is 0 Å². The molecule has 0 atom stereocenters. The van der Waals surface area contributed by atoms with Crippen molar-refractivity contribution in [3.8, 4) is 44.5 Å². The van der Waals surface area contributed by atoms with Gasteiger partial charge in [-0.05, 0) is 149 Å². The van der Waals surface area contributed by atoms with Crippen molar-refractivity contribution in [1.82, 2.24) is 8.80 Å². The number of benzene rings is 13. The van der Waals surface area contributed by atoms with Crippen molar-refractivity contribution in [3.05, 3.63) is 302 Å². The first kappa shape index (κ1) is 48.7. The van der Waals surface area contributed by atoms with E-state index < -0.39 is 0 Å². The number of anilines is 6. The summed E-state index contributed by atoms with van der Waals surface area (Å²) in [5.41, 5.74) is 27.2. The fourth-order valence-electron chi connectivity index (χ4n) is 14.1. The zero-order valence-corrected chi connectivity index (χ0v) is 47.4. The van der Waals surface area contributed by atoms with E-state index in [9.17, 15) is 0 Å². The second-order valence-corrected chi connectivity index (χ2v) is 23.0. The maximum Gasteiger partial charge on any atom is 0.0621 e. The lowest BCUT2D eigenvalue weighted by Gasteiger charge is -2.30. The SMILES string of the molecule is Cc1ccc(-c2ccccc2)cc1N(c1cccc(-c2ccccc2)c1)c1cccc2c1c1cccc3c4cc5c(cc4n2c31)c1cccc2c3c(N(c4cc(-c6ccccc6)ccc4C)c4cc(-c6ccccc6)ccc4C)cccc3n5c12. The minimum Gasteiger partial charge on any atom is -0.309 e. The molecule has 0 N–H and O–H groups in total. The average molecular weight is 1090 g/mol. The van der Waals surface area contributed by atoms with Gasteiger partial charge in [0.1, 0.15) is 0 Å². The molecular weight excluding hydrogens is 1030 g/mol. The monoisotopic (exact) mass is 1080 g/mol. The Morgan fingerprint density at radius 3 is 0.988 bits per heavy atom. The van der Waals surface area contributed by atoms with Crippen LogP contribution in [0.25, 0.3) is 121 Å². The summed E-state index contributed by atoms with van der Waals surface area (Å²) in [5, 5.41) is 9.91. The third-order valence-corrected chi connectivity index (χ3v) is 18.1. The molecular formula is C81H56N4. The van der Waals surface area contributed by atoms with Crippen LogP contribution in [0.15, 0.2) is 285 Å². The number of nitrogens with zero attached hydrogens (tertiary/aromatic N) is 4. The van der Waals surface area contributed by atoms with Gasteiger partial charge in [-0.25, -0.2) is 0 Å². The summed E-state index contributed by atoms with van der Waals surface area (Å²) in [4.78, 5) is 5.05. The summed E-state index contributed by atoms with van der Waals surface area (Å²) in [6, 6.07) is 106. The fourth-order valence-corrected chi connectivity index (χ4v) is 14.1. The second kappa shape index (κ2) is 19.1. The summed E-state index contributed by atoms with van der Waals surface area (Å²) in [6.45, 7) is 6.75. The van der Waals surface area contributed by atoms with E-state index in [1.165, 1.54) is 137 Å². The number of aryl methyl sites for hydroxylation is 3. The molecule has 85 heavy (non-hydrogen) atoms. The van der Waals surface area contributed by atoms with Crippen LogP contribution in [-0.2, 0) is 0 Å². The zero-order chi connectivity index (χ0) is 56.4. The van der Waals surface area contributed by atoms with Crippen molar-refractivity contribution >= 4 is 110 Å². The van der Waals surface area contributed by atoms with Gasteiger partial charge >= 0.3 is 0 Å². The van der Waals surface area contributed by atoms with Crippen LogP contribution >= 0.6 is 0 Å². The van der Waals surface area contributed by atoms with Crippen molar-refractivity contribution in [3.63, 3.8) is 0 Å². The van der Waals surface area contributed by atoms with Gasteiger partial charge in [-0.3, -0.25) is 0 Å². The van der Waals surface area contributed by atoms with E-state index in [1.54, 1.807) is 0 Å². The highest BCUT2D eigenvalue weighted by Crippen LogP contribution is 2.52. The molecule has 0 spiro atoms. The molecule has 0 aliphatic rings. The molecule has 0 bridgehead atoms. The number of rotatable bonds is 10. The Labute approximate surface area is 493 Å². The molecule has 0 fully saturated rings. The highest BCUT2D eigenvalue weighted by atomic mass is 15.2. The molecule has 0 aliphatic heterocycles. The number of hydrogen-bond donors (Lipinski definition) is 0. The van der Waals surface area contributed by atoms with E-state index in [2.05, 4.69) is 324 Å². The number of aromatic nitrogens is 2. The highest BCUT2D eigenvalue weighted by Gasteiger charge is 2.29. The lowest BCUT2D eigenvalue weighted by atomic mass is 9.98. The van der Waals surface area contributed by atoms with Gasteiger partial charge in [0, 0.05) is 65.8 Å². The Bertz CT molecular complexity index is 5360. The van der Waals surface area contributed by atoms with Crippen LogP contribution in [0.4, 0.5) is 34.1 Å². The molecule has 0 radical (unpaired) electrons. The maximum atomic E-state index is 2.56. The number of para-hydroxylation sites is 2. The van der Waals surface area contributed by atoms with Crippen LogP contribution < -0.4 is 9.80 Å². The highest BCUT2D eigenvalue weighted by molar-refractivity contribution is 6.31. The summed E-state index contributed by atoms with van der Waals surface area (Å²) < 4.78 is 5.12. The molecule has 0 unspecified atom stereocenters. The average Bonchev–Trinajstić information content (AvgIpc) is 1.60. The molecule has 400 valence electrons. The van der Waals surface area contributed by atoms with E-state index in [4.69, 9.17) is 0 Å². The van der Waals surface area contributed by atoms with Gasteiger partial charge in [0.2, 0.25) is 0 Å². The Kier molecular flexibility index (Phi) is 10.9. The molecule has 17 rings (SSSR count). The van der Waals surface area contributed by atoms with E-state index in [0.29, 0.717) is 0 Å². The third kappa shape index (κ3) is 7.48. The van der Waals surface area contributed by atoms with Gasteiger partial charge in [0.05, 0.1) is 44.5 Å². The Morgan fingerprint density at radius 2 is 0.565 bits per heavy atom. The van der Waals surface area contributed by atoms with E-state index in [1.807, 2.05) is 0 Å². The molecule has 0 aliphatic carbocycles. The Morgan fingerprint density at radius 1 is 0.224 bits per heavy atom. The Balaban J connectivity index is 0.897. The third-order valence-electron chi connectivity index (χ3n) is 18.1. The van der Waals surface area contributed by atoms with E-state index in [-0.39, 0.29) is 0 Å². The van der Waals surface area contributed by atoms with Crippen LogP contribution in [0, 0.1) is 20.8 Å². The quantitative estimate of drug-likeness (QED) is 0.136. The summed E-state index contributed by atoms with van der Waals surface area (Å²) in [5.74, 6) is 0. The molecule has 4 heteroatoms. The first-order valence-corrected chi connectivity index (χ1v) is 29.5. The van der Waals surface area contributed by atoms with Crippen LogP contribution in [0.5, 0.6) is 0 Å². The van der Waals surface area contributed by atoms with Gasteiger partial charge in [0.15, 0.2) is 0 Å². The zero-order valence-electron chi connectivity index (χ0n) is 47.4. The van der Waals surface area contributed by atoms with Crippen molar-refractivity contribution in [2.75, 3.05) is 9.80 Å². The minimum absolute atomic E-state index is 1.11. The predicted octanol–water partition coefficient (Wildman–Crippen LogP) is 22.5. The summed E-state index contributed by atoms with van der Waals surface area (Å²) >= 11 is 0. The van der Waals surface area contributed by atoms with Crippen molar-refractivity contribution in [2.24, 2.45) is 0 Å². The summed E-state index contributed by atoms with van der Waals surface area (Å²) in [6.07, 6.45) is 0. The van der Waals surface area contributed by atoms with E-state index >= 15 is 0 Å². The lowest BCUT2D eigenvalue weighted by molar-refractivity contribution is 1.23. The largest absolute Gasteiger partial charge is 0.309 e. The molecule has 4 heterocycles. The lowest BCUT2D eigenvalue weighted by Crippen LogP contribution is -2.13. The van der Waals surface area contributed by atoms with Crippen molar-refractivity contribution in [2.45, 2.75) is 20.8 Å². The molecule has 0 amide bonds. The molecule has 0 saturated heterocycles. The molecule has 17 aromatic rings. The predicted molar refractivity (Wildman–Crippen MR) is 361 cm³/mol.